The van der Waals surface area contributed by atoms with Crippen LogP contribution >= 0.6 is 0 Å². The molecule has 2 aromatic carbocycles. The molecule has 0 aliphatic rings. The maximum Gasteiger partial charge on any atom is 0.310 e. The Bertz CT molecular complexity index is 913. The number of anilines is 1. The first-order valence-electron chi connectivity index (χ1n) is 8.36. The van der Waals surface area contributed by atoms with Crippen LogP contribution in [0.3, 0.4) is 0 Å². The molecule has 10 heteroatoms. The molecule has 0 aliphatic carbocycles. The van der Waals surface area contributed by atoms with Crippen LogP contribution in [-0.2, 0) is 20.7 Å². The Balaban J connectivity index is 1.96. The summed E-state index contributed by atoms with van der Waals surface area (Å²) in [5.41, 5.74) is 0.185. The van der Waals surface area contributed by atoms with Gasteiger partial charge in [-0.05, 0) is 18.2 Å². The third-order valence-electron chi connectivity index (χ3n) is 3.87. The van der Waals surface area contributed by atoms with Crippen molar-refractivity contribution >= 4 is 23.3 Å². The largest absolute Gasteiger partial charge is 0.497 e. The molecule has 0 unspecified atom stereocenters. The van der Waals surface area contributed by atoms with E-state index in [1.54, 1.807) is 18.2 Å². The van der Waals surface area contributed by atoms with E-state index >= 15 is 0 Å². The number of carbonyl (C=O) groups excluding carboxylic acids is 2. The summed E-state index contributed by atoms with van der Waals surface area (Å²) in [6.45, 7) is -0.597. The SMILES string of the molecule is COc1ccc(CC(=O)OCC(=O)Nc2ccc(OC)cc2[N+](=O)[O-])c(OC)c1. The average Bonchev–Trinajstić information content (AvgIpc) is 2.72. The van der Waals surface area contributed by atoms with Gasteiger partial charge in [-0.25, -0.2) is 0 Å². The fourth-order valence-corrected chi connectivity index (χ4v) is 2.43. The highest BCUT2D eigenvalue weighted by Gasteiger charge is 2.18. The molecule has 1 N–H and O–H groups in total. The van der Waals surface area contributed by atoms with Gasteiger partial charge in [-0.3, -0.25) is 19.7 Å². The summed E-state index contributed by atoms with van der Waals surface area (Å²) in [4.78, 5) is 34.5. The van der Waals surface area contributed by atoms with Crippen molar-refractivity contribution in [2.45, 2.75) is 6.42 Å². The topological polar surface area (TPSA) is 126 Å². The van der Waals surface area contributed by atoms with Gasteiger partial charge in [-0.15, -0.1) is 0 Å². The molecule has 0 aromatic heterocycles. The van der Waals surface area contributed by atoms with Crippen LogP contribution in [0.4, 0.5) is 11.4 Å². The minimum Gasteiger partial charge on any atom is -0.497 e. The minimum absolute atomic E-state index is 0.0336. The first kappa shape index (κ1) is 21.5. The molecule has 10 nitrogen and oxygen atoms in total. The van der Waals surface area contributed by atoms with Crippen molar-refractivity contribution in [1.29, 1.82) is 0 Å². The standard InChI is InChI=1S/C19H20N2O8/c1-26-13-6-7-15(16(9-13)21(24)25)20-18(22)11-29-19(23)8-12-4-5-14(27-2)10-17(12)28-3/h4-7,9-10H,8,11H2,1-3H3,(H,20,22). The second kappa shape index (κ2) is 9.93. The third-order valence-corrected chi connectivity index (χ3v) is 3.87. The van der Waals surface area contributed by atoms with Crippen molar-refractivity contribution in [3.05, 3.63) is 52.1 Å². The fourth-order valence-electron chi connectivity index (χ4n) is 2.43. The summed E-state index contributed by atoms with van der Waals surface area (Å²) < 4.78 is 20.2. The molecule has 2 rings (SSSR count). The number of nitrogens with one attached hydrogen (secondary N) is 1. The molecular formula is C19H20N2O8. The Morgan fingerprint density at radius 2 is 1.66 bits per heavy atom. The highest BCUT2D eigenvalue weighted by molar-refractivity contribution is 5.95. The first-order valence-corrected chi connectivity index (χ1v) is 8.36. The van der Waals surface area contributed by atoms with Crippen LogP contribution in [-0.4, -0.2) is 44.7 Å². The molecule has 0 atom stereocenters. The second-order valence-electron chi connectivity index (χ2n) is 5.70. The molecule has 0 spiro atoms. The molecule has 0 saturated heterocycles. The van der Waals surface area contributed by atoms with Crippen molar-refractivity contribution in [2.24, 2.45) is 0 Å². The van der Waals surface area contributed by atoms with E-state index in [1.807, 2.05) is 0 Å². The Kier molecular flexibility index (Phi) is 7.35. The monoisotopic (exact) mass is 404 g/mol. The molecule has 0 heterocycles. The number of esters is 1. The second-order valence-corrected chi connectivity index (χ2v) is 5.70. The highest BCUT2D eigenvalue weighted by Crippen LogP contribution is 2.29. The maximum atomic E-state index is 12.0. The lowest BCUT2D eigenvalue weighted by molar-refractivity contribution is -0.384. The predicted octanol–water partition coefficient (Wildman–Crippen LogP) is 2.35. The van der Waals surface area contributed by atoms with Crippen LogP contribution in [0.1, 0.15) is 5.56 Å². The number of methoxy groups -OCH3 is 3. The van der Waals surface area contributed by atoms with Gasteiger partial charge < -0.3 is 24.3 Å². The Morgan fingerprint density at radius 1 is 1.00 bits per heavy atom. The molecular weight excluding hydrogens is 384 g/mol. The lowest BCUT2D eigenvalue weighted by Crippen LogP contribution is -2.22. The molecule has 0 radical (unpaired) electrons. The van der Waals surface area contributed by atoms with Gasteiger partial charge in [0.15, 0.2) is 6.61 Å². The summed E-state index contributed by atoms with van der Waals surface area (Å²) in [7, 11) is 4.34. The van der Waals surface area contributed by atoms with E-state index in [1.165, 1.54) is 39.5 Å². The summed E-state index contributed by atoms with van der Waals surface area (Å²) in [6.07, 6.45) is -0.122. The molecule has 0 fully saturated rings. The van der Waals surface area contributed by atoms with Gasteiger partial charge in [0, 0.05) is 11.6 Å². The van der Waals surface area contributed by atoms with Crippen molar-refractivity contribution in [3.63, 3.8) is 0 Å². The van der Waals surface area contributed by atoms with Crippen LogP contribution in [0.5, 0.6) is 17.2 Å². The predicted molar refractivity (Wildman–Crippen MR) is 102 cm³/mol. The normalized spacial score (nSPS) is 10.0. The lowest BCUT2D eigenvalue weighted by Gasteiger charge is -2.11. The number of nitrogens with zero attached hydrogens (tertiary/aromatic N) is 1. The summed E-state index contributed by atoms with van der Waals surface area (Å²) in [6, 6.07) is 8.92. The number of benzene rings is 2. The molecule has 1 amide bonds. The number of nitro benzene ring substituents is 1. The lowest BCUT2D eigenvalue weighted by atomic mass is 10.1. The van der Waals surface area contributed by atoms with Crippen LogP contribution in [0, 0.1) is 10.1 Å². The van der Waals surface area contributed by atoms with Crippen molar-refractivity contribution in [2.75, 3.05) is 33.3 Å². The third kappa shape index (κ3) is 5.83. The van der Waals surface area contributed by atoms with Gasteiger partial charge in [0.2, 0.25) is 0 Å². The van der Waals surface area contributed by atoms with Gasteiger partial charge >= 0.3 is 5.97 Å². The van der Waals surface area contributed by atoms with Gasteiger partial charge in [0.05, 0.1) is 38.7 Å². The molecule has 29 heavy (non-hydrogen) atoms. The van der Waals surface area contributed by atoms with E-state index < -0.39 is 23.4 Å². The van der Waals surface area contributed by atoms with Crippen LogP contribution < -0.4 is 19.5 Å². The number of nitro groups is 1. The molecule has 154 valence electrons. The molecule has 0 aliphatic heterocycles. The smallest absolute Gasteiger partial charge is 0.310 e. The number of hydrogen-bond donors (Lipinski definition) is 1. The zero-order valence-corrected chi connectivity index (χ0v) is 16.1. The summed E-state index contributed by atoms with van der Waals surface area (Å²) >= 11 is 0. The minimum atomic E-state index is -0.715. The van der Waals surface area contributed by atoms with E-state index in [9.17, 15) is 19.7 Å². The van der Waals surface area contributed by atoms with E-state index in [2.05, 4.69) is 5.32 Å². The van der Waals surface area contributed by atoms with Crippen LogP contribution in [0.25, 0.3) is 0 Å². The van der Waals surface area contributed by atoms with E-state index in [-0.39, 0.29) is 23.5 Å². The molecule has 2 aromatic rings. The van der Waals surface area contributed by atoms with Crippen molar-refractivity contribution < 1.29 is 33.5 Å². The Labute approximate surface area is 166 Å². The maximum absolute atomic E-state index is 12.0. The van der Waals surface area contributed by atoms with Gasteiger partial charge in [0.25, 0.3) is 11.6 Å². The highest BCUT2D eigenvalue weighted by atomic mass is 16.6. The first-order chi connectivity index (χ1) is 13.9. The number of rotatable bonds is 9. The Hall–Kier alpha value is -3.82. The summed E-state index contributed by atoms with van der Waals surface area (Å²) in [5.74, 6) is -0.0882. The van der Waals surface area contributed by atoms with E-state index in [4.69, 9.17) is 18.9 Å². The number of carbonyl (C=O) groups is 2. The average molecular weight is 404 g/mol. The zero-order valence-electron chi connectivity index (χ0n) is 16.1. The Morgan fingerprint density at radius 3 is 2.28 bits per heavy atom. The van der Waals surface area contributed by atoms with Gasteiger partial charge in [-0.1, -0.05) is 6.07 Å². The van der Waals surface area contributed by atoms with E-state index in [0.29, 0.717) is 17.1 Å². The van der Waals surface area contributed by atoms with Gasteiger partial charge in [0.1, 0.15) is 22.9 Å². The number of hydrogen-bond acceptors (Lipinski definition) is 8. The quantitative estimate of drug-likeness (QED) is 0.383. The number of ether oxygens (including phenoxy) is 4. The molecule has 0 saturated carbocycles. The van der Waals surface area contributed by atoms with Crippen LogP contribution in [0.2, 0.25) is 0 Å². The van der Waals surface area contributed by atoms with Crippen LogP contribution in [0.15, 0.2) is 36.4 Å². The van der Waals surface area contributed by atoms with E-state index in [0.717, 1.165) is 0 Å². The number of amides is 1. The van der Waals surface area contributed by atoms with Crippen molar-refractivity contribution in [1.82, 2.24) is 0 Å². The van der Waals surface area contributed by atoms with Gasteiger partial charge in [-0.2, -0.15) is 0 Å². The molecule has 0 bridgehead atoms. The fraction of sp³-hybridized carbons (Fsp3) is 0.263. The zero-order chi connectivity index (χ0) is 21.4. The van der Waals surface area contributed by atoms with Crippen molar-refractivity contribution in [3.8, 4) is 17.2 Å². The summed E-state index contributed by atoms with van der Waals surface area (Å²) in [5, 5.41) is 13.5.